The lowest BCUT2D eigenvalue weighted by Crippen LogP contribution is -2.00. The Labute approximate surface area is 163 Å². The maximum absolute atomic E-state index is 12.6. The van der Waals surface area contributed by atoms with Crippen LogP contribution in [-0.2, 0) is 0 Å². The van der Waals surface area contributed by atoms with Crippen molar-refractivity contribution in [3.8, 4) is 28.6 Å². The highest BCUT2D eigenvalue weighted by Crippen LogP contribution is 2.38. The van der Waals surface area contributed by atoms with Gasteiger partial charge in [0, 0.05) is 29.1 Å². The molecule has 0 fully saturated rings. The number of ketones is 1. The van der Waals surface area contributed by atoms with Gasteiger partial charge in [0.15, 0.2) is 23.1 Å². The number of rotatable bonds is 7. The minimum Gasteiger partial charge on any atom is -0.493 e. The van der Waals surface area contributed by atoms with Crippen molar-refractivity contribution in [2.75, 3.05) is 21.3 Å². The molecule has 0 N–H and O–H groups in total. The van der Waals surface area contributed by atoms with Crippen LogP contribution in [0.3, 0.4) is 0 Å². The van der Waals surface area contributed by atoms with E-state index in [2.05, 4.69) is 9.97 Å². The van der Waals surface area contributed by atoms with Gasteiger partial charge >= 0.3 is 0 Å². The second-order valence-electron chi connectivity index (χ2n) is 5.82. The van der Waals surface area contributed by atoms with Crippen LogP contribution in [0.4, 0.5) is 0 Å². The van der Waals surface area contributed by atoms with E-state index in [1.807, 2.05) is 30.3 Å². The zero-order valence-electron chi connectivity index (χ0n) is 15.9. The summed E-state index contributed by atoms with van der Waals surface area (Å²) in [6.45, 7) is 0. The molecule has 0 bridgehead atoms. The Balaban J connectivity index is 1.80. The van der Waals surface area contributed by atoms with Gasteiger partial charge in [-0.3, -0.25) is 4.79 Å². The highest BCUT2D eigenvalue weighted by atomic mass is 16.5. The summed E-state index contributed by atoms with van der Waals surface area (Å²) in [4.78, 5) is 21.3. The third-order valence-corrected chi connectivity index (χ3v) is 4.08. The molecule has 6 heteroatoms. The Morgan fingerprint density at radius 3 is 2.04 bits per heavy atom. The monoisotopic (exact) mass is 376 g/mol. The molecule has 0 spiro atoms. The highest BCUT2D eigenvalue weighted by Gasteiger charge is 2.15. The molecular formula is C22H20N2O4. The molecule has 0 unspecified atom stereocenters. The molecule has 142 valence electrons. The predicted molar refractivity (Wildman–Crippen MR) is 107 cm³/mol. The molecule has 3 rings (SSSR count). The first-order chi connectivity index (χ1) is 13.7. The van der Waals surface area contributed by atoms with Gasteiger partial charge in [-0.25, -0.2) is 9.97 Å². The molecule has 0 atom stereocenters. The van der Waals surface area contributed by atoms with Crippen molar-refractivity contribution in [3.63, 3.8) is 0 Å². The van der Waals surface area contributed by atoms with Crippen LogP contribution in [-0.4, -0.2) is 37.1 Å². The molecule has 0 radical (unpaired) electrons. The van der Waals surface area contributed by atoms with Crippen molar-refractivity contribution in [1.29, 1.82) is 0 Å². The van der Waals surface area contributed by atoms with Gasteiger partial charge in [-0.05, 0) is 24.3 Å². The standard InChI is InChI=1S/C22H20N2O4/c1-26-19-11-17(12-20(27-2)21(19)28-3)18(25)10-9-15-13-23-22(24-14-15)16-7-5-4-6-8-16/h4-14H,1-3H3/b10-9+. The molecule has 0 saturated heterocycles. The molecule has 0 saturated carbocycles. The number of nitrogens with zero attached hydrogens (tertiary/aromatic N) is 2. The van der Waals surface area contributed by atoms with Gasteiger partial charge in [-0.15, -0.1) is 0 Å². The van der Waals surface area contributed by atoms with E-state index >= 15 is 0 Å². The molecule has 28 heavy (non-hydrogen) atoms. The van der Waals surface area contributed by atoms with Crippen molar-refractivity contribution < 1.29 is 19.0 Å². The lowest BCUT2D eigenvalue weighted by molar-refractivity contribution is 0.104. The zero-order chi connectivity index (χ0) is 19.9. The van der Waals surface area contributed by atoms with Crippen LogP contribution in [0.25, 0.3) is 17.5 Å². The third-order valence-electron chi connectivity index (χ3n) is 4.08. The largest absolute Gasteiger partial charge is 0.493 e. The SMILES string of the molecule is COc1cc(C(=O)/C=C/c2cnc(-c3ccccc3)nc2)cc(OC)c1OC. The van der Waals surface area contributed by atoms with Gasteiger partial charge in [-0.1, -0.05) is 30.3 Å². The summed E-state index contributed by atoms with van der Waals surface area (Å²) in [5.41, 5.74) is 2.08. The fraction of sp³-hybridized carbons (Fsp3) is 0.136. The van der Waals surface area contributed by atoms with Gasteiger partial charge < -0.3 is 14.2 Å². The fourth-order valence-electron chi connectivity index (χ4n) is 2.65. The number of benzene rings is 2. The third kappa shape index (κ3) is 4.17. The molecular weight excluding hydrogens is 356 g/mol. The summed E-state index contributed by atoms with van der Waals surface area (Å²) in [5.74, 6) is 1.72. The normalized spacial score (nSPS) is 10.7. The second-order valence-corrected chi connectivity index (χ2v) is 5.82. The molecule has 0 aliphatic heterocycles. The van der Waals surface area contributed by atoms with Gasteiger partial charge in [0.1, 0.15) is 0 Å². The van der Waals surface area contributed by atoms with E-state index in [9.17, 15) is 4.79 Å². The van der Waals surface area contributed by atoms with Crippen molar-refractivity contribution >= 4 is 11.9 Å². The van der Waals surface area contributed by atoms with Crippen molar-refractivity contribution in [1.82, 2.24) is 9.97 Å². The molecule has 3 aromatic rings. The van der Waals surface area contributed by atoms with Crippen LogP contribution in [0.2, 0.25) is 0 Å². The maximum atomic E-state index is 12.6. The van der Waals surface area contributed by atoms with Crippen LogP contribution in [0, 0.1) is 0 Å². The van der Waals surface area contributed by atoms with Crippen molar-refractivity contribution in [2.45, 2.75) is 0 Å². The first kappa shape index (κ1) is 19.1. The minimum atomic E-state index is -0.202. The molecule has 2 aromatic carbocycles. The average Bonchev–Trinajstić information content (AvgIpc) is 2.77. The number of carbonyl (C=O) groups excluding carboxylic acids is 1. The number of methoxy groups -OCH3 is 3. The average molecular weight is 376 g/mol. The predicted octanol–water partition coefficient (Wildman–Crippen LogP) is 4.07. The van der Waals surface area contributed by atoms with E-state index < -0.39 is 0 Å². The van der Waals surface area contributed by atoms with Crippen molar-refractivity contribution in [2.24, 2.45) is 0 Å². The van der Waals surface area contributed by atoms with Crippen molar-refractivity contribution in [3.05, 3.63) is 72.1 Å². The number of ether oxygens (including phenoxy) is 3. The van der Waals surface area contributed by atoms with E-state index in [-0.39, 0.29) is 5.78 Å². The number of aromatic nitrogens is 2. The summed E-state index contributed by atoms with van der Waals surface area (Å²) in [5, 5.41) is 0. The lowest BCUT2D eigenvalue weighted by atomic mass is 10.1. The smallest absolute Gasteiger partial charge is 0.203 e. The van der Waals surface area contributed by atoms with Gasteiger partial charge in [0.25, 0.3) is 0 Å². The summed E-state index contributed by atoms with van der Waals surface area (Å²) in [6.07, 6.45) is 6.48. The minimum absolute atomic E-state index is 0.202. The molecule has 1 aromatic heterocycles. The number of hydrogen-bond acceptors (Lipinski definition) is 6. The molecule has 6 nitrogen and oxygen atoms in total. The van der Waals surface area contributed by atoms with E-state index in [1.54, 1.807) is 30.6 Å². The van der Waals surface area contributed by atoms with Crippen LogP contribution < -0.4 is 14.2 Å². The summed E-state index contributed by atoms with van der Waals surface area (Å²) in [7, 11) is 4.53. The Bertz CT molecular complexity index is 958. The quantitative estimate of drug-likeness (QED) is 0.457. The Morgan fingerprint density at radius 2 is 1.50 bits per heavy atom. The molecule has 0 amide bonds. The first-order valence-electron chi connectivity index (χ1n) is 8.56. The Hall–Kier alpha value is -3.67. The van der Waals surface area contributed by atoms with Crippen LogP contribution in [0.5, 0.6) is 17.2 Å². The summed E-state index contributed by atoms with van der Waals surface area (Å²) in [6, 6.07) is 12.9. The van der Waals surface area contributed by atoms with Gasteiger partial charge in [-0.2, -0.15) is 0 Å². The van der Waals surface area contributed by atoms with E-state index in [4.69, 9.17) is 14.2 Å². The number of hydrogen-bond donors (Lipinski definition) is 0. The van der Waals surface area contributed by atoms with E-state index in [0.29, 0.717) is 28.6 Å². The second kappa shape index (κ2) is 8.81. The van der Waals surface area contributed by atoms with E-state index in [0.717, 1.165) is 11.1 Å². The first-order valence-corrected chi connectivity index (χ1v) is 8.56. The maximum Gasteiger partial charge on any atom is 0.203 e. The lowest BCUT2D eigenvalue weighted by Gasteiger charge is -2.13. The topological polar surface area (TPSA) is 70.5 Å². The zero-order valence-corrected chi connectivity index (χ0v) is 15.9. The Morgan fingerprint density at radius 1 is 0.893 bits per heavy atom. The Kier molecular flexibility index (Phi) is 6.01. The molecule has 0 aliphatic carbocycles. The van der Waals surface area contributed by atoms with Gasteiger partial charge in [0.05, 0.1) is 21.3 Å². The highest BCUT2D eigenvalue weighted by molar-refractivity contribution is 6.07. The van der Waals surface area contributed by atoms with E-state index in [1.165, 1.54) is 27.4 Å². The van der Waals surface area contributed by atoms with Crippen LogP contribution in [0.15, 0.2) is 60.9 Å². The van der Waals surface area contributed by atoms with Crippen LogP contribution >= 0.6 is 0 Å². The summed E-state index contributed by atoms with van der Waals surface area (Å²) < 4.78 is 15.8. The summed E-state index contributed by atoms with van der Waals surface area (Å²) >= 11 is 0. The fourth-order valence-corrected chi connectivity index (χ4v) is 2.65. The molecule has 1 heterocycles. The number of carbonyl (C=O) groups is 1. The van der Waals surface area contributed by atoms with Gasteiger partial charge in [0.2, 0.25) is 5.75 Å². The number of allylic oxidation sites excluding steroid dienone is 1. The molecule has 0 aliphatic rings. The van der Waals surface area contributed by atoms with Crippen LogP contribution in [0.1, 0.15) is 15.9 Å².